The molecule has 3 aromatic carbocycles. The van der Waals surface area contributed by atoms with Crippen LogP contribution in [0.15, 0.2) is 66.7 Å². The Morgan fingerprint density at radius 2 is 1.56 bits per heavy atom. The van der Waals surface area contributed by atoms with Gasteiger partial charge in [0.15, 0.2) is 0 Å². The van der Waals surface area contributed by atoms with Crippen molar-refractivity contribution in [2.75, 3.05) is 32.7 Å². The molecule has 0 aliphatic carbocycles. The Kier molecular flexibility index (Phi) is 11.2. The first kappa shape index (κ1) is 33.5. The van der Waals surface area contributed by atoms with E-state index in [2.05, 4.69) is 60.5 Å². The monoisotopic (exact) mass is 648 g/mol. The normalized spacial score (nSPS) is 18.8. The highest BCUT2D eigenvalue weighted by Crippen LogP contribution is 2.32. The predicted molar refractivity (Wildman–Crippen MR) is 184 cm³/mol. The third-order valence-electron chi connectivity index (χ3n) is 9.03. The number of halogens is 2. The Bertz CT molecular complexity index is 1450. The molecule has 2 amide bonds. The number of hydrogen-bond donors (Lipinski definition) is 1. The van der Waals surface area contributed by atoms with E-state index in [-0.39, 0.29) is 29.9 Å². The molecule has 5 rings (SSSR count). The summed E-state index contributed by atoms with van der Waals surface area (Å²) in [5.41, 5.74) is 5.01. The van der Waals surface area contributed by atoms with E-state index >= 15 is 0 Å². The van der Waals surface area contributed by atoms with E-state index in [1.165, 1.54) is 5.56 Å². The molecule has 3 aromatic rings. The Balaban J connectivity index is 1.32. The Labute approximate surface area is 278 Å². The van der Waals surface area contributed by atoms with Crippen LogP contribution in [0.3, 0.4) is 0 Å². The van der Waals surface area contributed by atoms with Gasteiger partial charge in [-0.25, -0.2) is 0 Å². The largest absolute Gasteiger partial charge is 0.334 e. The van der Waals surface area contributed by atoms with Gasteiger partial charge in [-0.2, -0.15) is 0 Å². The van der Waals surface area contributed by atoms with Crippen LogP contribution in [0.5, 0.6) is 0 Å². The van der Waals surface area contributed by atoms with E-state index in [0.717, 1.165) is 55.6 Å². The number of carbonyl (C=O) groups excluding carboxylic acids is 2. The third-order valence-corrected chi connectivity index (χ3v) is 9.77. The molecule has 0 bridgehead atoms. The SMILES string of the molecule is Cc1cc(C)cc(C(=O)N2CCN(C(=O)C(CC(C)C)NC3CCN(Cc4ccccc4)CC3)C(c3ccc(Cl)c(Cl)c3)C2)c1. The van der Waals surface area contributed by atoms with Crippen molar-refractivity contribution in [3.05, 3.63) is 105 Å². The highest BCUT2D eigenvalue weighted by atomic mass is 35.5. The van der Waals surface area contributed by atoms with Gasteiger partial charge in [-0.1, -0.05) is 90.6 Å². The van der Waals surface area contributed by atoms with E-state index in [1.54, 1.807) is 6.07 Å². The van der Waals surface area contributed by atoms with E-state index in [4.69, 9.17) is 23.2 Å². The minimum Gasteiger partial charge on any atom is -0.334 e. The lowest BCUT2D eigenvalue weighted by molar-refractivity contribution is -0.139. The van der Waals surface area contributed by atoms with Crippen LogP contribution in [0.4, 0.5) is 0 Å². The number of hydrogen-bond acceptors (Lipinski definition) is 4. The third kappa shape index (κ3) is 8.68. The standard InChI is InChI=1S/C37H46Cl2N4O2/c1-25(2)18-34(40-31-12-14-41(15-13-31)23-28-8-6-5-7-9-28)37(45)43-17-16-42(36(44)30-20-26(3)19-27(4)21-30)24-35(43)29-10-11-32(38)33(39)22-29/h5-11,19-22,25,31,34-35,40H,12-18,23-24H2,1-4H3. The predicted octanol–water partition coefficient (Wildman–Crippen LogP) is 7.30. The number of piperidine rings is 1. The number of nitrogens with zero attached hydrogens (tertiary/aromatic N) is 3. The van der Waals surface area contributed by atoms with E-state index in [0.29, 0.717) is 41.2 Å². The number of amides is 2. The summed E-state index contributed by atoms with van der Waals surface area (Å²) in [6.07, 6.45) is 2.76. The molecule has 0 spiro atoms. The molecule has 2 atom stereocenters. The molecule has 2 unspecified atom stereocenters. The highest BCUT2D eigenvalue weighted by molar-refractivity contribution is 6.42. The van der Waals surface area contributed by atoms with Gasteiger partial charge in [0.1, 0.15) is 0 Å². The van der Waals surface area contributed by atoms with Crippen molar-refractivity contribution in [3.63, 3.8) is 0 Å². The lowest BCUT2D eigenvalue weighted by Gasteiger charge is -2.44. The Morgan fingerprint density at radius 1 is 0.867 bits per heavy atom. The molecule has 0 saturated carbocycles. The molecule has 0 aromatic heterocycles. The maximum Gasteiger partial charge on any atom is 0.254 e. The van der Waals surface area contributed by atoms with Crippen LogP contribution >= 0.6 is 23.2 Å². The summed E-state index contributed by atoms with van der Waals surface area (Å²) in [6, 6.07) is 21.7. The molecule has 2 fully saturated rings. The highest BCUT2D eigenvalue weighted by Gasteiger charge is 2.38. The fourth-order valence-electron chi connectivity index (χ4n) is 6.81. The quantitative estimate of drug-likeness (QED) is 0.264. The van der Waals surface area contributed by atoms with Crippen LogP contribution < -0.4 is 5.32 Å². The smallest absolute Gasteiger partial charge is 0.254 e. The van der Waals surface area contributed by atoms with Gasteiger partial charge in [0.25, 0.3) is 5.91 Å². The zero-order valence-corrected chi connectivity index (χ0v) is 28.5. The van der Waals surface area contributed by atoms with Gasteiger partial charge < -0.3 is 15.1 Å². The first-order chi connectivity index (χ1) is 21.6. The maximum absolute atomic E-state index is 14.5. The fraction of sp³-hybridized carbons (Fsp3) is 0.459. The summed E-state index contributed by atoms with van der Waals surface area (Å²) < 4.78 is 0. The number of likely N-dealkylation sites (tertiary alicyclic amines) is 1. The van der Waals surface area contributed by atoms with Crippen LogP contribution in [0, 0.1) is 19.8 Å². The zero-order valence-electron chi connectivity index (χ0n) is 26.9. The molecule has 6 nitrogen and oxygen atoms in total. The second kappa shape index (κ2) is 15.1. The van der Waals surface area contributed by atoms with Gasteiger partial charge in [-0.15, -0.1) is 0 Å². The van der Waals surface area contributed by atoms with Crippen molar-refractivity contribution in [2.45, 2.75) is 71.6 Å². The van der Waals surface area contributed by atoms with Crippen LogP contribution in [0.25, 0.3) is 0 Å². The molecule has 0 radical (unpaired) electrons. The van der Waals surface area contributed by atoms with Crippen LogP contribution in [-0.2, 0) is 11.3 Å². The molecule has 45 heavy (non-hydrogen) atoms. The second-order valence-electron chi connectivity index (χ2n) is 13.2. The van der Waals surface area contributed by atoms with E-state index in [9.17, 15) is 9.59 Å². The van der Waals surface area contributed by atoms with Crippen molar-refractivity contribution in [1.82, 2.24) is 20.0 Å². The van der Waals surface area contributed by atoms with Crippen molar-refractivity contribution >= 4 is 35.0 Å². The number of rotatable bonds is 9. The number of piperazine rings is 1. The van der Waals surface area contributed by atoms with Crippen molar-refractivity contribution < 1.29 is 9.59 Å². The van der Waals surface area contributed by atoms with Crippen LogP contribution in [0.2, 0.25) is 10.0 Å². The van der Waals surface area contributed by atoms with Gasteiger partial charge in [0, 0.05) is 37.8 Å². The molecule has 1 N–H and O–H groups in total. The molecule has 2 aliphatic heterocycles. The summed E-state index contributed by atoms with van der Waals surface area (Å²) in [7, 11) is 0. The molecule has 2 aliphatic rings. The van der Waals surface area contributed by atoms with Crippen molar-refractivity contribution in [3.8, 4) is 0 Å². The first-order valence-electron chi connectivity index (χ1n) is 16.2. The zero-order chi connectivity index (χ0) is 32.1. The lowest BCUT2D eigenvalue weighted by atomic mass is 9.95. The number of carbonyl (C=O) groups is 2. The molecular formula is C37H46Cl2N4O2. The average Bonchev–Trinajstić information content (AvgIpc) is 3.02. The van der Waals surface area contributed by atoms with Gasteiger partial charge in [-0.05, 0) is 87.5 Å². The maximum atomic E-state index is 14.5. The molecule has 2 saturated heterocycles. The van der Waals surface area contributed by atoms with Gasteiger partial charge in [0.2, 0.25) is 5.91 Å². The van der Waals surface area contributed by atoms with E-state index < -0.39 is 0 Å². The van der Waals surface area contributed by atoms with Gasteiger partial charge in [0.05, 0.1) is 22.1 Å². The van der Waals surface area contributed by atoms with Crippen LogP contribution in [0.1, 0.15) is 71.8 Å². The average molecular weight is 650 g/mol. The number of aryl methyl sites for hydroxylation is 2. The number of nitrogens with one attached hydrogen (secondary N) is 1. The minimum atomic E-state index is -0.333. The Hall–Kier alpha value is -2.90. The van der Waals surface area contributed by atoms with Gasteiger partial charge in [-0.3, -0.25) is 14.5 Å². The van der Waals surface area contributed by atoms with Crippen molar-refractivity contribution in [1.29, 1.82) is 0 Å². The Morgan fingerprint density at radius 3 is 2.20 bits per heavy atom. The molecule has 2 heterocycles. The molecular weight excluding hydrogens is 603 g/mol. The van der Waals surface area contributed by atoms with E-state index in [1.807, 2.05) is 47.9 Å². The van der Waals surface area contributed by atoms with Gasteiger partial charge >= 0.3 is 0 Å². The lowest BCUT2D eigenvalue weighted by Crippen LogP contribution is -2.58. The van der Waals surface area contributed by atoms with Crippen molar-refractivity contribution in [2.24, 2.45) is 5.92 Å². The second-order valence-corrected chi connectivity index (χ2v) is 14.0. The van der Waals surface area contributed by atoms with Crippen LogP contribution in [-0.4, -0.2) is 71.3 Å². The summed E-state index contributed by atoms with van der Waals surface area (Å²) in [4.78, 5) is 34.5. The first-order valence-corrected chi connectivity index (χ1v) is 17.0. The topological polar surface area (TPSA) is 55.9 Å². The summed E-state index contributed by atoms with van der Waals surface area (Å²) >= 11 is 12.8. The summed E-state index contributed by atoms with van der Waals surface area (Å²) in [6.45, 7) is 12.6. The summed E-state index contributed by atoms with van der Waals surface area (Å²) in [5, 5.41) is 4.70. The summed E-state index contributed by atoms with van der Waals surface area (Å²) in [5.74, 6) is 0.420. The fourth-order valence-corrected chi connectivity index (χ4v) is 7.12. The molecule has 240 valence electrons. The molecule has 8 heteroatoms. The minimum absolute atomic E-state index is 0.0157. The number of benzene rings is 3.